The predicted molar refractivity (Wildman–Crippen MR) is 45.1 cm³/mol. The Bertz CT molecular complexity index is 294. The van der Waals surface area contributed by atoms with Crippen LogP contribution in [-0.4, -0.2) is 11.9 Å². The van der Waals surface area contributed by atoms with Crippen LogP contribution in [-0.2, 0) is 0 Å². The van der Waals surface area contributed by atoms with Gasteiger partial charge in [-0.2, -0.15) is 0 Å². The first-order valence-electron chi connectivity index (χ1n) is 3.33. The average molecular weight is 166 g/mol. The molecule has 0 saturated heterocycles. The number of rotatable bonds is 3. The predicted octanol–water partition coefficient (Wildman–Crippen LogP) is 1.82. The number of hydrogen-bond donors (Lipinski definition) is 1. The molecule has 0 radical (unpaired) electrons. The number of anilines is 1. The Kier molecular flexibility index (Phi) is 2.47. The van der Waals surface area contributed by atoms with Crippen LogP contribution in [0.15, 0.2) is 29.4 Å². The average Bonchev–Trinajstić information content (AvgIpc) is 2.05. The van der Waals surface area contributed by atoms with Gasteiger partial charge < -0.3 is 0 Å². The molecule has 0 saturated carbocycles. The van der Waals surface area contributed by atoms with Gasteiger partial charge in [-0.25, -0.2) is 0 Å². The van der Waals surface area contributed by atoms with Crippen molar-refractivity contribution < 1.29 is 4.87 Å². The lowest BCUT2D eigenvalue weighted by Crippen LogP contribution is -2.09. The van der Waals surface area contributed by atoms with Crippen molar-refractivity contribution in [3.63, 3.8) is 0 Å². The molecule has 1 aromatic rings. The molecule has 0 atom stereocenters. The maximum absolute atomic E-state index is 10.5. The van der Waals surface area contributed by atoms with Gasteiger partial charge in [-0.05, 0) is 29.4 Å². The maximum atomic E-state index is 10.5. The topological polar surface area (TPSA) is 61.5 Å². The van der Waals surface area contributed by atoms with Crippen molar-refractivity contribution in [3.8, 4) is 0 Å². The Morgan fingerprint density at radius 1 is 1.33 bits per heavy atom. The van der Waals surface area contributed by atoms with Crippen LogP contribution < -0.4 is 5.43 Å². The third-order valence-electron chi connectivity index (χ3n) is 1.26. The molecule has 0 spiro atoms. The third kappa shape index (κ3) is 2.12. The molecular weight excluding hydrogens is 158 g/mol. The van der Waals surface area contributed by atoms with E-state index in [2.05, 4.69) is 10.6 Å². The molecule has 0 amide bonds. The van der Waals surface area contributed by atoms with E-state index in [0.717, 1.165) is 0 Å². The molecule has 0 aromatic heterocycles. The summed E-state index contributed by atoms with van der Waals surface area (Å²) in [5.74, 6) is 0. The molecule has 0 aliphatic carbocycles. The van der Waals surface area contributed by atoms with Crippen molar-refractivity contribution in [1.29, 1.82) is 0 Å². The van der Waals surface area contributed by atoms with E-state index in [4.69, 9.17) is 0 Å². The summed E-state index contributed by atoms with van der Waals surface area (Å²) in [4.78, 5) is 21.1. The summed E-state index contributed by atoms with van der Waals surface area (Å²) in [6, 6.07) is 6.26. The summed E-state index contributed by atoms with van der Waals surface area (Å²) in [6.07, 6.45) is 0. The highest BCUT2D eigenvalue weighted by molar-refractivity contribution is 5.49. The quantitative estimate of drug-likeness (QED) is 0.423. The largest absolute Gasteiger partial charge is 0.216 e. The van der Waals surface area contributed by atoms with Crippen molar-refractivity contribution >= 4 is 11.4 Å². The van der Waals surface area contributed by atoms with Gasteiger partial charge in [0.05, 0.1) is 4.91 Å². The fourth-order valence-corrected chi connectivity index (χ4v) is 0.779. The first-order chi connectivity index (χ1) is 5.72. The molecule has 0 bridgehead atoms. The SMILES string of the molecule is C[N+](=O)Nc1ccc(N=O)cc1. The molecule has 0 aliphatic rings. The number of nitrogens with zero attached hydrogens (tertiary/aromatic N) is 2. The van der Waals surface area contributed by atoms with Gasteiger partial charge in [0.2, 0.25) is 7.05 Å². The van der Waals surface area contributed by atoms with Crippen molar-refractivity contribution in [2.45, 2.75) is 0 Å². The van der Waals surface area contributed by atoms with Crippen molar-refractivity contribution in [2.24, 2.45) is 5.18 Å². The van der Waals surface area contributed by atoms with E-state index >= 15 is 0 Å². The highest BCUT2D eigenvalue weighted by atomic mass is 16.3. The van der Waals surface area contributed by atoms with Crippen LogP contribution in [0.1, 0.15) is 0 Å². The summed E-state index contributed by atoms with van der Waals surface area (Å²) >= 11 is 0. The molecule has 5 heteroatoms. The first kappa shape index (κ1) is 8.32. The summed E-state index contributed by atoms with van der Waals surface area (Å²) in [5, 5.41) is 2.72. The van der Waals surface area contributed by atoms with E-state index in [1.54, 1.807) is 12.1 Å². The van der Waals surface area contributed by atoms with Crippen LogP contribution in [0.3, 0.4) is 0 Å². The minimum atomic E-state index is 0.342. The Hall–Kier alpha value is -1.78. The normalized spacial score (nSPS) is 9.08. The zero-order valence-corrected chi connectivity index (χ0v) is 6.52. The summed E-state index contributed by atoms with van der Waals surface area (Å²) in [7, 11) is 1.34. The summed E-state index contributed by atoms with van der Waals surface area (Å²) in [5.41, 5.74) is 3.46. The van der Waals surface area contributed by atoms with Crippen LogP contribution in [0.2, 0.25) is 0 Å². The lowest BCUT2D eigenvalue weighted by atomic mass is 10.3. The van der Waals surface area contributed by atoms with Gasteiger partial charge in [-0.15, -0.1) is 10.3 Å². The fourth-order valence-electron chi connectivity index (χ4n) is 0.779. The highest BCUT2D eigenvalue weighted by Crippen LogP contribution is 2.15. The van der Waals surface area contributed by atoms with Crippen LogP contribution in [0.25, 0.3) is 0 Å². The van der Waals surface area contributed by atoms with Crippen LogP contribution in [0, 0.1) is 9.81 Å². The number of hydrazine groups is 1. The van der Waals surface area contributed by atoms with E-state index in [9.17, 15) is 9.81 Å². The molecule has 0 unspecified atom stereocenters. The van der Waals surface area contributed by atoms with E-state index in [1.165, 1.54) is 19.2 Å². The minimum Gasteiger partial charge on any atom is -0.145 e. The standard InChI is InChI=1S/C7H7N3O2/c1-10(12)8-6-2-4-7(9-11)5-3-6/h2-5H,1H3/p+1. The van der Waals surface area contributed by atoms with Crippen LogP contribution in [0.5, 0.6) is 0 Å². The fraction of sp³-hybridized carbons (Fsp3) is 0.143. The molecule has 1 aromatic carbocycles. The monoisotopic (exact) mass is 166 g/mol. The zero-order valence-electron chi connectivity index (χ0n) is 6.52. The van der Waals surface area contributed by atoms with Gasteiger partial charge in [0.1, 0.15) is 16.2 Å². The number of benzene rings is 1. The molecule has 1 rings (SSSR count). The van der Waals surface area contributed by atoms with Gasteiger partial charge in [-0.1, -0.05) is 0 Å². The van der Waals surface area contributed by atoms with E-state index in [1.807, 2.05) is 0 Å². The Morgan fingerprint density at radius 3 is 2.33 bits per heavy atom. The third-order valence-corrected chi connectivity index (χ3v) is 1.26. The van der Waals surface area contributed by atoms with Crippen LogP contribution >= 0.6 is 0 Å². The van der Waals surface area contributed by atoms with E-state index in [-0.39, 0.29) is 0 Å². The van der Waals surface area contributed by atoms with Crippen molar-refractivity contribution in [2.75, 3.05) is 12.5 Å². The number of nitroso groups, excluding NO2 is 2. The summed E-state index contributed by atoms with van der Waals surface area (Å²) in [6.45, 7) is 0. The highest BCUT2D eigenvalue weighted by Gasteiger charge is 1.99. The zero-order chi connectivity index (χ0) is 8.97. The van der Waals surface area contributed by atoms with Crippen molar-refractivity contribution in [1.82, 2.24) is 0 Å². The maximum Gasteiger partial charge on any atom is 0.216 e. The molecule has 1 N–H and O–H groups in total. The van der Waals surface area contributed by atoms with E-state index < -0.39 is 0 Å². The van der Waals surface area contributed by atoms with Crippen LogP contribution in [0.4, 0.5) is 11.4 Å². The summed E-state index contributed by atoms with van der Waals surface area (Å²) < 4.78 is 0. The lowest BCUT2D eigenvalue weighted by Gasteiger charge is -1.93. The van der Waals surface area contributed by atoms with E-state index in [0.29, 0.717) is 16.2 Å². The number of nitrogens with one attached hydrogen (secondary N) is 1. The number of hydrogen-bond acceptors (Lipinski definition) is 3. The van der Waals surface area contributed by atoms with Gasteiger partial charge in [0, 0.05) is 0 Å². The first-order valence-corrected chi connectivity index (χ1v) is 3.33. The molecule has 0 fully saturated rings. The molecule has 5 nitrogen and oxygen atoms in total. The Labute approximate surface area is 68.9 Å². The Balaban J connectivity index is 2.77. The van der Waals surface area contributed by atoms with Gasteiger partial charge >= 0.3 is 0 Å². The van der Waals surface area contributed by atoms with Gasteiger partial charge in [0.25, 0.3) is 0 Å². The second-order valence-corrected chi connectivity index (χ2v) is 2.25. The molecule has 12 heavy (non-hydrogen) atoms. The molecule has 0 heterocycles. The molecule has 62 valence electrons. The molecular formula is C7H8N3O2+. The molecule has 0 aliphatic heterocycles. The minimum absolute atomic E-state index is 0.342. The van der Waals surface area contributed by atoms with Crippen molar-refractivity contribution in [3.05, 3.63) is 34.1 Å². The van der Waals surface area contributed by atoms with Gasteiger partial charge in [-0.3, -0.25) is 0 Å². The lowest BCUT2D eigenvalue weighted by molar-refractivity contribution is -0.486. The second-order valence-electron chi connectivity index (χ2n) is 2.25. The Morgan fingerprint density at radius 2 is 1.92 bits per heavy atom. The van der Waals surface area contributed by atoms with Gasteiger partial charge in [0.15, 0.2) is 0 Å². The smallest absolute Gasteiger partial charge is 0.145 e. The second kappa shape index (κ2) is 3.56.